The van der Waals surface area contributed by atoms with Gasteiger partial charge in [-0.05, 0) is 34.4 Å². The Morgan fingerprint density at radius 1 is 1.75 bits per heavy atom. The van der Waals surface area contributed by atoms with Crippen LogP contribution in [0.1, 0.15) is 12.8 Å². The van der Waals surface area contributed by atoms with Gasteiger partial charge >= 0.3 is 0 Å². The molecule has 3 heteroatoms. The van der Waals surface area contributed by atoms with Gasteiger partial charge in [-0.2, -0.15) is 0 Å². The first kappa shape index (κ1) is 6.08. The molecule has 2 radical (unpaired) electrons. The third kappa shape index (κ3) is 1.48. The van der Waals surface area contributed by atoms with E-state index >= 15 is 0 Å². The Hall–Kier alpha value is -0.0451. The van der Waals surface area contributed by atoms with E-state index in [1.807, 2.05) is 6.08 Å². The first-order chi connectivity index (χ1) is 3.79. The first-order valence-electron chi connectivity index (χ1n) is 2.48. The molecule has 0 unspecified atom stereocenters. The van der Waals surface area contributed by atoms with E-state index in [0.717, 1.165) is 23.1 Å². The van der Waals surface area contributed by atoms with E-state index in [1.165, 1.54) is 0 Å². The van der Waals surface area contributed by atoms with Crippen molar-refractivity contribution in [3.8, 4) is 0 Å². The number of aliphatic imine (C=N–C) groups is 1. The summed E-state index contributed by atoms with van der Waals surface area (Å²) in [7, 11) is 5.40. The van der Waals surface area contributed by atoms with Gasteiger partial charge in [0.25, 0.3) is 0 Å². The molecule has 0 saturated carbocycles. The minimum atomic E-state index is 0.722. The maximum Gasteiger partial charge on any atom is 0.135 e. The molecule has 0 aromatic heterocycles. The van der Waals surface area contributed by atoms with Gasteiger partial charge in [-0.1, -0.05) is 6.08 Å². The maximum atomic E-state index is 5.40. The summed E-state index contributed by atoms with van der Waals surface area (Å²) >= 11 is 3.22. The zero-order valence-electron chi connectivity index (χ0n) is 4.39. The first-order valence-corrected chi connectivity index (χ1v) is 3.27. The van der Waals surface area contributed by atoms with Crippen molar-refractivity contribution in [2.75, 3.05) is 0 Å². The molecule has 0 bridgehead atoms. The van der Waals surface area contributed by atoms with Gasteiger partial charge in [0.05, 0.1) is 0 Å². The van der Waals surface area contributed by atoms with Crippen LogP contribution in [0.15, 0.2) is 15.7 Å². The highest BCUT2D eigenvalue weighted by Crippen LogP contribution is 2.14. The van der Waals surface area contributed by atoms with Crippen molar-refractivity contribution in [3.05, 3.63) is 10.7 Å². The van der Waals surface area contributed by atoms with Gasteiger partial charge in [0, 0.05) is 0 Å². The second-order valence-corrected chi connectivity index (χ2v) is 2.48. The lowest BCUT2D eigenvalue weighted by Gasteiger charge is -2.02. The van der Waals surface area contributed by atoms with Crippen LogP contribution in [0.5, 0.6) is 0 Å². The van der Waals surface area contributed by atoms with Crippen LogP contribution in [0.4, 0.5) is 0 Å². The molecule has 1 rings (SSSR count). The Labute approximate surface area is 58.4 Å². The van der Waals surface area contributed by atoms with Crippen LogP contribution in [0.2, 0.25) is 0 Å². The van der Waals surface area contributed by atoms with Crippen molar-refractivity contribution >= 4 is 29.4 Å². The number of allylic oxidation sites excluding steroid dienone is 1. The lowest BCUT2D eigenvalue weighted by molar-refractivity contribution is 1.07. The molecule has 1 aliphatic rings. The molecule has 1 heterocycles. The Kier molecular flexibility index (Phi) is 1.89. The number of hydrogen-bond donors (Lipinski definition) is 0. The van der Waals surface area contributed by atoms with Gasteiger partial charge in [-0.15, -0.1) is 0 Å². The highest BCUT2D eigenvalue weighted by molar-refractivity contribution is 9.11. The summed E-state index contributed by atoms with van der Waals surface area (Å²) in [5.41, 5.74) is 0.722. The average molecular weight is 170 g/mol. The molecular formula is C5H5BBrN. The van der Waals surface area contributed by atoms with Gasteiger partial charge in [-0.3, -0.25) is 4.99 Å². The molecule has 0 amide bonds. The van der Waals surface area contributed by atoms with Crippen LogP contribution >= 0.6 is 15.9 Å². The maximum absolute atomic E-state index is 5.40. The second kappa shape index (κ2) is 2.49. The van der Waals surface area contributed by atoms with Crippen LogP contribution in [0.3, 0.4) is 0 Å². The fraction of sp³-hybridized carbons (Fsp3) is 0.400. The van der Waals surface area contributed by atoms with Gasteiger partial charge in [-0.25, -0.2) is 0 Å². The molecule has 40 valence electrons. The molecule has 0 aliphatic carbocycles. The third-order valence-corrected chi connectivity index (χ3v) is 1.46. The zero-order valence-corrected chi connectivity index (χ0v) is 5.98. The summed E-state index contributed by atoms with van der Waals surface area (Å²) in [5, 5.41) is 0. The van der Waals surface area contributed by atoms with E-state index in [4.69, 9.17) is 7.85 Å². The molecule has 0 fully saturated rings. The lowest BCUT2D eigenvalue weighted by atomic mass is 9.95. The summed E-state index contributed by atoms with van der Waals surface area (Å²) in [5.74, 6) is 0. The SMILES string of the molecule is [B]C1=NC(Br)=CCC1. The molecular weight excluding hydrogens is 165 g/mol. The quantitative estimate of drug-likeness (QED) is 0.386. The van der Waals surface area contributed by atoms with Crippen molar-refractivity contribution in [3.63, 3.8) is 0 Å². The Bertz CT molecular complexity index is 151. The standard InChI is InChI=1S/C5H5BBrN/c6-4-2-1-3-5(7)8-4/h3H,1-2H2. The zero-order chi connectivity index (χ0) is 5.98. The molecule has 0 aromatic carbocycles. The Morgan fingerprint density at radius 2 is 2.50 bits per heavy atom. The normalized spacial score (nSPS) is 19.6. The third-order valence-electron chi connectivity index (χ3n) is 0.964. The van der Waals surface area contributed by atoms with Crippen LogP contribution < -0.4 is 0 Å². The van der Waals surface area contributed by atoms with Gasteiger partial charge in [0.15, 0.2) is 0 Å². The Balaban J connectivity index is 2.69. The van der Waals surface area contributed by atoms with Gasteiger partial charge in [0.1, 0.15) is 12.5 Å². The monoisotopic (exact) mass is 169 g/mol. The van der Waals surface area contributed by atoms with Crippen molar-refractivity contribution in [2.45, 2.75) is 12.8 Å². The Morgan fingerprint density at radius 3 is 2.88 bits per heavy atom. The summed E-state index contributed by atoms with van der Waals surface area (Å²) in [6.45, 7) is 0. The molecule has 0 N–H and O–H groups in total. The van der Waals surface area contributed by atoms with E-state index in [0.29, 0.717) is 0 Å². The number of halogens is 1. The smallest absolute Gasteiger partial charge is 0.135 e. The van der Waals surface area contributed by atoms with E-state index in [1.54, 1.807) is 0 Å². The summed E-state index contributed by atoms with van der Waals surface area (Å²) < 4.78 is 0.862. The molecule has 0 aromatic rings. The largest absolute Gasteiger partial charge is 0.262 e. The van der Waals surface area contributed by atoms with Crippen molar-refractivity contribution < 1.29 is 0 Å². The molecule has 1 aliphatic heterocycles. The van der Waals surface area contributed by atoms with E-state index in [9.17, 15) is 0 Å². The predicted molar refractivity (Wildman–Crippen MR) is 39.4 cm³/mol. The van der Waals surface area contributed by atoms with Crippen molar-refractivity contribution in [2.24, 2.45) is 4.99 Å². The fourth-order valence-electron chi connectivity index (χ4n) is 0.578. The highest BCUT2D eigenvalue weighted by atomic mass is 79.9. The van der Waals surface area contributed by atoms with Crippen LogP contribution in [-0.4, -0.2) is 13.5 Å². The summed E-state index contributed by atoms with van der Waals surface area (Å²) in [4.78, 5) is 3.95. The molecule has 0 spiro atoms. The van der Waals surface area contributed by atoms with E-state index in [-0.39, 0.29) is 0 Å². The van der Waals surface area contributed by atoms with Crippen LogP contribution in [0.25, 0.3) is 0 Å². The highest BCUT2D eigenvalue weighted by Gasteiger charge is 1.97. The minimum absolute atomic E-state index is 0.722. The number of hydrogen-bond acceptors (Lipinski definition) is 1. The lowest BCUT2D eigenvalue weighted by Crippen LogP contribution is -1.99. The van der Waals surface area contributed by atoms with Crippen molar-refractivity contribution in [1.29, 1.82) is 0 Å². The fourth-order valence-corrected chi connectivity index (χ4v) is 1.03. The summed E-state index contributed by atoms with van der Waals surface area (Å²) in [6, 6.07) is 0. The molecule has 1 nitrogen and oxygen atoms in total. The van der Waals surface area contributed by atoms with Gasteiger partial charge < -0.3 is 0 Å². The summed E-state index contributed by atoms with van der Waals surface area (Å²) in [6.07, 6.45) is 3.92. The van der Waals surface area contributed by atoms with E-state index < -0.39 is 0 Å². The molecule has 0 atom stereocenters. The minimum Gasteiger partial charge on any atom is -0.262 e. The van der Waals surface area contributed by atoms with Crippen LogP contribution in [0, 0.1) is 0 Å². The van der Waals surface area contributed by atoms with Crippen LogP contribution in [-0.2, 0) is 0 Å². The van der Waals surface area contributed by atoms with Crippen molar-refractivity contribution in [1.82, 2.24) is 0 Å². The number of rotatable bonds is 0. The predicted octanol–water partition coefficient (Wildman–Crippen LogP) is 1.58. The molecule has 8 heavy (non-hydrogen) atoms. The molecule has 0 saturated heterocycles. The van der Waals surface area contributed by atoms with E-state index in [2.05, 4.69) is 20.9 Å². The average Bonchev–Trinajstić information content (AvgIpc) is 1.64. The topological polar surface area (TPSA) is 12.4 Å². The van der Waals surface area contributed by atoms with Gasteiger partial charge in [0.2, 0.25) is 0 Å². The second-order valence-electron chi connectivity index (χ2n) is 1.67. The number of nitrogens with zero attached hydrogens (tertiary/aromatic N) is 1.